The number of esters is 1. The third kappa shape index (κ3) is 50.8. The highest BCUT2D eigenvalue weighted by Crippen LogP contribution is 2.43. The number of nitrogens with one attached hydrogen (secondary N) is 1. The number of carbonyl (C=O) groups is 2. The summed E-state index contributed by atoms with van der Waals surface area (Å²) in [4.78, 5) is 37.5. The molecule has 0 spiro atoms. The zero-order valence-corrected chi connectivity index (χ0v) is 47.0. The number of unbranched alkanes of at least 4 members (excludes halogenated alkanes) is 14. The number of hydrogen-bond acceptors (Lipinski definition) is 6. The van der Waals surface area contributed by atoms with Gasteiger partial charge in [-0.15, -0.1) is 0 Å². The molecule has 0 fully saturated rings. The van der Waals surface area contributed by atoms with E-state index in [4.69, 9.17) is 13.8 Å². The molecule has 0 bridgehead atoms. The van der Waals surface area contributed by atoms with E-state index in [0.717, 1.165) is 83.5 Å². The zero-order valence-electron chi connectivity index (χ0n) is 46.1. The molecule has 72 heavy (non-hydrogen) atoms. The molecule has 406 valence electrons. The number of rotatable bonds is 47. The standard InChI is InChI=1S/C62H101N2O7P/c1-7-10-13-16-19-22-25-28-30-32-34-36-39-42-45-48-51-54-61(65)63-59(58-70-72(67,68)69-57-56-64(4,5)6)60(53-50-47-44-41-38-27-24-21-18-15-12-9-3)71-62(66)55-52-49-46-43-40-37-35-33-31-29-26-23-20-17-14-11-8-2/h10-11,13-14,16,19-20,22-23,25,28-32,34-37,39,43,46,50,53,59-60H,7-9,12,15,17-18,21,24,26-27,33,38,40-42,44-45,47-49,51-52,54-58H2,1-6H3,(H-,63,65,67,68)/p+1/b13-10-,14-11-,19-16+,23-20-,25-22+,30-28-,31-29-,34-32+,37-35-,39-36+,46-43-,53-50+. The summed E-state index contributed by atoms with van der Waals surface area (Å²) < 4.78 is 30.5. The monoisotopic (exact) mass is 1020 g/mol. The van der Waals surface area contributed by atoms with Gasteiger partial charge in [0.1, 0.15) is 19.3 Å². The Morgan fingerprint density at radius 2 is 0.972 bits per heavy atom. The first-order chi connectivity index (χ1) is 34.9. The molecule has 0 aromatic heterocycles. The van der Waals surface area contributed by atoms with Crippen LogP contribution in [0.3, 0.4) is 0 Å². The molecule has 0 saturated carbocycles. The van der Waals surface area contributed by atoms with Gasteiger partial charge in [0.15, 0.2) is 0 Å². The minimum atomic E-state index is -4.48. The molecule has 0 radical (unpaired) electrons. The van der Waals surface area contributed by atoms with Crippen molar-refractivity contribution in [3.05, 3.63) is 146 Å². The van der Waals surface area contributed by atoms with E-state index in [1.807, 2.05) is 94.1 Å². The van der Waals surface area contributed by atoms with Gasteiger partial charge in [-0.1, -0.05) is 225 Å². The number of phosphoric acid groups is 1. The molecular weight excluding hydrogens is 916 g/mol. The Morgan fingerprint density at radius 3 is 1.51 bits per heavy atom. The lowest BCUT2D eigenvalue weighted by molar-refractivity contribution is -0.870. The topological polar surface area (TPSA) is 111 Å². The number of nitrogens with zero attached hydrogens (tertiary/aromatic N) is 1. The molecular formula is C62H102N2O7P+. The number of likely N-dealkylation sites (N-methyl/N-ethyl adjacent to an activating group) is 1. The summed E-state index contributed by atoms with van der Waals surface area (Å²) >= 11 is 0. The third-order valence-corrected chi connectivity index (χ3v) is 12.2. The van der Waals surface area contributed by atoms with Crippen LogP contribution in [-0.4, -0.2) is 74.3 Å². The van der Waals surface area contributed by atoms with Crippen LogP contribution >= 0.6 is 7.82 Å². The van der Waals surface area contributed by atoms with Crippen LogP contribution < -0.4 is 5.32 Å². The van der Waals surface area contributed by atoms with Crippen LogP contribution in [0.2, 0.25) is 0 Å². The SMILES string of the molecule is CC\C=C/C=C/C=C/C=C\C=C\C=C\CCCCCC(=O)NC(COP(=O)(O)OCC[N+](C)(C)C)C(/C=C/CCCCCCCCCCCC)OC(=O)CCC/C=C\C/C=C\C/C=C\C/C=C\C/C=C\CC. The lowest BCUT2D eigenvalue weighted by Gasteiger charge is -2.27. The number of ether oxygens (including phenoxy) is 1. The van der Waals surface area contributed by atoms with Gasteiger partial charge in [-0.25, -0.2) is 4.57 Å². The zero-order chi connectivity index (χ0) is 52.9. The Labute approximate surface area is 440 Å². The molecule has 0 aliphatic heterocycles. The lowest BCUT2D eigenvalue weighted by Crippen LogP contribution is -2.47. The average Bonchev–Trinajstić information content (AvgIpc) is 3.34. The molecule has 9 nitrogen and oxygen atoms in total. The van der Waals surface area contributed by atoms with Gasteiger partial charge in [-0.05, 0) is 89.5 Å². The molecule has 0 aliphatic carbocycles. The lowest BCUT2D eigenvalue weighted by atomic mass is 10.1. The average molecular weight is 1020 g/mol. The van der Waals surface area contributed by atoms with Crippen LogP contribution in [0.25, 0.3) is 0 Å². The van der Waals surface area contributed by atoms with Crippen molar-refractivity contribution < 1.29 is 37.3 Å². The van der Waals surface area contributed by atoms with Crippen LogP contribution in [0.1, 0.15) is 181 Å². The van der Waals surface area contributed by atoms with E-state index in [9.17, 15) is 19.0 Å². The minimum absolute atomic E-state index is 0.0130. The highest BCUT2D eigenvalue weighted by molar-refractivity contribution is 7.47. The van der Waals surface area contributed by atoms with Gasteiger partial charge in [0.25, 0.3) is 0 Å². The molecule has 1 amide bonds. The second-order valence-corrected chi connectivity index (χ2v) is 20.6. The van der Waals surface area contributed by atoms with Crippen molar-refractivity contribution in [1.82, 2.24) is 5.32 Å². The summed E-state index contributed by atoms with van der Waals surface area (Å²) in [6.45, 7) is 6.63. The summed E-state index contributed by atoms with van der Waals surface area (Å²) in [7, 11) is 1.40. The van der Waals surface area contributed by atoms with E-state index >= 15 is 0 Å². The van der Waals surface area contributed by atoms with Crippen LogP contribution in [0.15, 0.2) is 146 Å². The summed E-state index contributed by atoms with van der Waals surface area (Å²) in [6, 6.07) is -0.905. The maximum absolute atomic E-state index is 13.5. The predicted molar refractivity (Wildman–Crippen MR) is 309 cm³/mol. The van der Waals surface area contributed by atoms with Crippen molar-refractivity contribution in [3.8, 4) is 0 Å². The second kappa shape index (κ2) is 50.4. The van der Waals surface area contributed by atoms with Gasteiger partial charge in [-0.2, -0.15) is 0 Å². The van der Waals surface area contributed by atoms with Crippen LogP contribution in [0.5, 0.6) is 0 Å². The first-order valence-electron chi connectivity index (χ1n) is 27.7. The summed E-state index contributed by atoms with van der Waals surface area (Å²) in [5, 5.41) is 3.00. The van der Waals surface area contributed by atoms with Crippen molar-refractivity contribution >= 4 is 19.7 Å². The largest absolute Gasteiger partial charge is 0.472 e. The van der Waals surface area contributed by atoms with Crippen LogP contribution in [0.4, 0.5) is 0 Å². The number of allylic oxidation sites excluding steroid dienone is 23. The molecule has 0 rings (SSSR count). The molecule has 0 aromatic carbocycles. The fraction of sp³-hybridized carbons (Fsp3) is 0.581. The van der Waals surface area contributed by atoms with Gasteiger partial charge >= 0.3 is 13.8 Å². The van der Waals surface area contributed by atoms with E-state index in [1.165, 1.54) is 51.4 Å². The summed E-state index contributed by atoms with van der Waals surface area (Å²) in [5.74, 6) is -0.641. The number of carbonyl (C=O) groups excluding carboxylic acids is 2. The van der Waals surface area contributed by atoms with Gasteiger partial charge in [-0.3, -0.25) is 18.6 Å². The first kappa shape index (κ1) is 67.9. The quantitative estimate of drug-likeness (QED) is 0.0156. The van der Waals surface area contributed by atoms with Crippen molar-refractivity contribution in [2.45, 2.75) is 193 Å². The van der Waals surface area contributed by atoms with Gasteiger partial charge in [0, 0.05) is 12.8 Å². The van der Waals surface area contributed by atoms with E-state index in [2.05, 4.69) is 99.0 Å². The Balaban J connectivity index is 5.59. The molecule has 0 saturated heterocycles. The molecule has 2 N–H and O–H groups in total. The summed E-state index contributed by atoms with van der Waals surface area (Å²) in [6.07, 6.45) is 72.8. The van der Waals surface area contributed by atoms with Crippen molar-refractivity contribution in [2.24, 2.45) is 0 Å². The Bertz CT molecular complexity index is 1740. The molecule has 0 heterocycles. The minimum Gasteiger partial charge on any atom is -0.456 e. The van der Waals surface area contributed by atoms with Crippen molar-refractivity contribution in [3.63, 3.8) is 0 Å². The predicted octanol–water partition coefficient (Wildman–Crippen LogP) is 16.7. The van der Waals surface area contributed by atoms with E-state index in [-0.39, 0.29) is 32.0 Å². The van der Waals surface area contributed by atoms with Crippen molar-refractivity contribution in [2.75, 3.05) is 40.9 Å². The van der Waals surface area contributed by atoms with Gasteiger partial charge in [0.05, 0.1) is 33.8 Å². The van der Waals surface area contributed by atoms with Gasteiger partial charge < -0.3 is 19.4 Å². The first-order valence-corrected chi connectivity index (χ1v) is 29.2. The molecule has 0 aromatic rings. The maximum atomic E-state index is 13.5. The van der Waals surface area contributed by atoms with Gasteiger partial charge in [0.2, 0.25) is 5.91 Å². The normalized spacial score (nSPS) is 14.9. The Kier molecular flexibility index (Phi) is 47.5. The van der Waals surface area contributed by atoms with Crippen LogP contribution in [-0.2, 0) is 27.9 Å². The number of hydrogen-bond donors (Lipinski definition) is 2. The van der Waals surface area contributed by atoms with Crippen LogP contribution in [0, 0.1) is 0 Å². The van der Waals surface area contributed by atoms with E-state index in [0.29, 0.717) is 23.9 Å². The van der Waals surface area contributed by atoms with E-state index in [1.54, 1.807) is 0 Å². The number of amides is 1. The van der Waals surface area contributed by atoms with E-state index < -0.39 is 25.9 Å². The van der Waals surface area contributed by atoms with Crippen molar-refractivity contribution in [1.29, 1.82) is 0 Å². The Hall–Kier alpha value is -4.11. The summed E-state index contributed by atoms with van der Waals surface area (Å²) in [5.41, 5.74) is 0. The number of phosphoric ester groups is 1. The Morgan fingerprint density at radius 1 is 0.514 bits per heavy atom. The third-order valence-electron chi connectivity index (χ3n) is 11.2. The molecule has 10 heteroatoms. The highest BCUT2D eigenvalue weighted by atomic mass is 31.2. The second-order valence-electron chi connectivity index (χ2n) is 19.1. The number of quaternary nitrogens is 1. The molecule has 3 atom stereocenters. The fourth-order valence-corrected chi connectivity index (χ4v) is 7.68. The molecule has 3 unspecified atom stereocenters. The molecule has 0 aliphatic rings. The fourth-order valence-electron chi connectivity index (χ4n) is 6.95. The highest BCUT2D eigenvalue weighted by Gasteiger charge is 2.30. The smallest absolute Gasteiger partial charge is 0.456 e. The maximum Gasteiger partial charge on any atom is 0.472 e.